The molecule has 2 amide bonds. The van der Waals surface area contributed by atoms with Crippen LogP contribution in [0.1, 0.15) is 47.4 Å². The number of ketones is 1. The Labute approximate surface area is 201 Å². The monoisotopic (exact) mass is 475 g/mol. The van der Waals surface area contributed by atoms with Crippen LogP contribution in [0.25, 0.3) is 10.9 Å². The number of rotatable bonds is 7. The molecular formula is C26H26FN5O3. The quantitative estimate of drug-likeness (QED) is 0.565. The van der Waals surface area contributed by atoms with Gasteiger partial charge in [-0.1, -0.05) is 30.3 Å². The highest BCUT2D eigenvalue weighted by molar-refractivity contribution is 6.04. The van der Waals surface area contributed by atoms with E-state index >= 15 is 4.39 Å². The van der Waals surface area contributed by atoms with E-state index in [-0.39, 0.29) is 42.3 Å². The van der Waals surface area contributed by atoms with Gasteiger partial charge in [-0.15, -0.1) is 0 Å². The number of benzene rings is 1. The van der Waals surface area contributed by atoms with Crippen LogP contribution >= 0.6 is 0 Å². The normalized spacial score (nSPS) is 28.7. The Morgan fingerprint density at radius 2 is 1.97 bits per heavy atom. The Hall–Kier alpha value is -3.62. The van der Waals surface area contributed by atoms with Crippen molar-refractivity contribution in [2.24, 2.45) is 17.6 Å². The first-order chi connectivity index (χ1) is 16.8. The number of primary amides is 1. The van der Waals surface area contributed by atoms with Crippen LogP contribution in [0.5, 0.6) is 0 Å². The minimum Gasteiger partial charge on any atom is -0.364 e. The lowest BCUT2D eigenvalue weighted by molar-refractivity contribution is -0.139. The third kappa shape index (κ3) is 3.61. The molecule has 3 heterocycles. The minimum absolute atomic E-state index is 0.0396. The average Bonchev–Trinajstić information content (AvgIpc) is 3.65. The molecule has 2 aliphatic carbocycles. The molecule has 6 rings (SSSR count). The fourth-order valence-corrected chi connectivity index (χ4v) is 5.77. The maximum Gasteiger partial charge on any atom is 0.269 e. The number of alkyl halides is 1. The fourth-order valence-electron chi connectivity index (χ4n) is 5.77. The maximum atomic E-state index is 15.3. The van der Waals surface area contributed by atoms with Gasteiger partial charge in [0, 0.05) is 29.5 Å². The van der Waals surface area contributed by atoms with Gasteiger partial charge in [0.2, 0.25) is 5.91 Å². The Kier molecular flexibility index (Phi) is 4.81. The van der Waals surface area contributed by atoms with Crippen molar-refractivity contribution in [3.63, 3.8) is 0 Å². The van der Waals surface area contributed by atoms with Crippen molar-refractivity contribution < 1.29 is 18.8 Å². The number of carbonyl (C=O) groups excluding carboxylic acids is 3. The molecule has 1 aliphatic heterocycles. The number of fused-ring (bicyclic) bond motifs is 2. The van der Waals surface area contributed by atoms with Crippen LogP contribution in [0.2, 0.25) is 0 Å². The lowest BCUT2D eigenvalue weighted by atomic mass is 9.99. The predicted molar refractivity (Wildman–Crippen MR) is 125 cm³/mol. The van der Waals surface area contributed by atoms with E-state index in [2.05, 4.69) is 10.1 Å². The van der Waals surface area contributed by atoms with E-state index in [9.17, 15) is 14.4 Å². The Morgan fingerprint density at radius 3 is 2.71 bits per heavy atom. The summed E-state index contributed by atoms with van der Waals surface area (Å²) >= 11 is 0. The van der Waals surface area contributed by atoms with Gasteiger partial charge >= 0.3 is 0 Å². The van der Waals surface area contributed by atoms with E-state index < -0.39 is 17.6 Å². The highest BCUT2D eigenvalue weighted by Crippen LogP contribution is 2.58. The summed E-state index contributed by atoms with van der Waals surface area (Å²) in [7, 11) is 0. The van der Waals surface area contributed by atoms with Gasteiger partial charge in [-0.05, 0) is 43.7 Å². The number of hydrogen-bond donors (Lipinski definition) is 1. The van der Waals surface area contributed by atoms with Crippen LogP contribution < -0.4 is 5.73 Å². The van der Waals surface area contributed by atoms with Gasteiger partial charge in [0.1, 0.15) is 12.2 Å². The summed E-state index contributed by atoms with van der Waals surface area (Å²) in [5, 5.41) is 4.83. The molecule has 3 aliphatic rings. The highest BCUT2D eigenvalue weighted by atomic mass is 19.1. The predicted octanol–water partition coefficient (Wildman–Crippen LogP) is 2.67. The smallest absolute Gasteiger partial charge is 0.269 e. The van der Waals surface area contributed by atoms with Crippen LogP contribution in [0.3, 0.4) is 0 Å². The number of aromatic nitrogens is 3. The number of nitrogens with zero attached hydrogens (tertiary/aromatic N) is 4. The second kappa shape index (κ2) is 7.69. The van der Waals surface area contributed by atoms with Crippen molar-refractivity contribution in [3.8, 4) is 0 Å². The second-order valence-electron chi connectivity index (χ2n) is 10.1. The number of pyridine rings is 1. The van der Waals surface area contributed by atoms with Crippen molar-refractivity contribution in [2.75, 3.05) is 0 Å². The zero-order chi connectivity index (χ0) is 24.5. The number of halogens is 1. The first-order valence-electron chi connectivity index (χ1n) is 12.0. The summed E-state index contributed by atoms with van der Waals surface area (Å²) < 4.78 is 16.8. The number of nitrogens with two attached hydrogens (primary N) is 1. The van der Waals surface area contributed by atoms with Gasteiger partial charge in [-0.25, -0.2) is 4.39 Å². The van der Waals surface area contributed by atoms with E-state index in [1.807, 2.05) is 6.07 Å². The molecule has 0 radical (unpaired) electrons. The largest absolute Gasteiger partial charge is 0.364 e. The molecule has 2 saturated carbocycles. The van der Waals surface area contributed by atoms with E-state index in [1.165, 1.54) is 4.68 Å². The summed E-state index contributed by atoms with van der Waals surface area (Å²) in [6, 6.07) is 10.2. The third-order valence-electron chi connectivity index (χ3n) is 7.79. The Balaban J connectivity index is 1.20. The number of piperidine rings is 1. The molecule has 3 fully saturated rings. The zero-order valence-electron chi connectivity index (χ0n) is 19.4. The SMILES string of the molecule is Cc1cc2c(C(N)=O)nn(CC(=O)N3[C@@H]4C[C@@H]4C[C@H]3C(=O)C[C@@H]3C[C@@]3(F)c3ccccc3)c2cn1. The zero-order valence-corrected chi connectivity index (χ0v) is 19.4. The first kappa shape index (κ1) is 21.9. The van der Waals surface area contributed by atoms with Crippen LogP contribution in [0, 0.1) is 18.8 Å². The van der Waals surface area contributed by atoms with Gasteiger partial charge in [-0.3, -0.25) is 24.0 Å². The molecule has 0 bridgehead atoms. The molecule has 8 nitrogen and oxygen atoms in total. The van der Waals surface area contributed by atoms with E-state index in [1.54, 1.807) is 48.4 Å². The Morgan fingerprint density at radius 1 is 1.20 bits per heavy atom. The molecule has 2 N–H and O–H groups in total. The van der Waals surface area contributed by atoms with E-state index in [0.717, 1.165) is 6.42 Å². The van der Waals surface area contributed by atoms with Crippen LogP contribution in [-0.4, -0.2) is 49.3 Å². The van der Waals surface area contributed by atoms with Crippen LogP contribution in [0.4, 0.5) is 4.39 Å². The minimum atomic E-state index is -1.46. The maximum absolute atomic E-state index is 15.3. The molecule has 3 aromatic rings. The van der Waals surface area contributed by atoms with Gasteiger partial charge in [0.05, 0.1) is 17.8 Å². The molecule has 1 saturated heterocycles. The van der Waals surface area contributed by atoms with Gasteiger partial charge in [0.15, 0.2) is 11.5 Å². The summed E-state index contributed by atoms with van der Waals surface area (Å²) in [5.41, 5.74) is 5.98. The third-order valence-corrected chi connectivity index (χ3v) is 7.79. The van der Waals surface area contributed by atoms with E-state index in [0.29, 0.717) is 40.9 Å². The van der Waals surface area contributed by atoms with Crippen LogP contribution in [-0.2, 0) is 21.8 Å². The van der Waals surface area contributed by atoms with Gasteiger partial charge in [0.25, 0.3) is 5.91 Å². The molecule has 2 aromatic heterocycles. The molecule has 0 unspecified atom stereocenters. The first-order valence-corrected chi connectivity index (χ1v) is 12.0. The number of aryl methyl sites for hydroxylation is 1. The Bertz CT molecular complexity index is 1370. The average molecular weight is 476 g/mol. The van der Waals surface area contributed by atoms with Crippen molar-refractivity contribution in [2.45, 2.75) is 56.9 Å². The topological polar surface area (TPSA) is 111 Å². The van der Waals surface area contributed by atoms with Crippen molar-refractivity contribution in [1.82, 2.24) is 19.7 Å². The second-order valence-corrected chi connectivity index (χ2v) is 10.1. The lowest BCUT2D eigenvalue weighted by Gasteiger charge is -2.27. The molecule has 0 spiro atoms. The molecule has 9 heteroatoms. The van der Waals surface area contributed by atoms with Gasteiger partial charge < -0.3 is 10.6 Å². The van der Waals surface area contributed by atoms with Crippen molar-refractivity contribution in [3.05, 3.63) is 59.5 Å². The summed E-state index contributed by atoms with van der Waals surface area (Å²) in [6.07, 6.45) is 3.53. The molecule has 5 atom stereocenters. The molecular weight excluding hydrogens is 449 g/mol. The highest BCUT2D eigenvalue weighted by Gasteiger charge is 2.60. The summed E-state index contributed by atoms with van der Waals surface area (Å²) in [6.45, 7) is 1.67. The molecule has 180 valence electrons. The standard InChI is InChI=1S/C26H26FN5O3/c1-14-7-18-21(12-29-14)31(30-24(18)25(28)35)13-23(34)32-19-8-15(19)9-20(32)22(33)10-17-11-26(17,27)16-5-3-2-4-6-16/h2-7,12,15,17,19-20H,8-11,13H2,1H3,(H2,28,35)/t15-,17-,19-,20+,26-/m1/s1. The number of Topliss-reactive ketones (excluding diaryl/α,β-unsaturated/α-hetero) is 1. The summed E-state index contributed by atoms with van der Waals surface area (Å²) in [4.78, 5) is 44.5. The van der Waals surface area contributed by atoms with Crippen LogP contribution in [0.15, 0.2) is 42.6 Å². The van der Waals surface area contributed by atoms with Crippen molar-refractivity contribution >= 4 is 28.5 Å². The lowest BCUT2D eigenvalue weighted by Crippen LogP contribution is -2.45. The number of amides is 2. The van der Waals surface area contributed by atoms with Crippen molar-refractivity contribution in [1.29, 1.82) is 0 Å². The van der Waals surface area contributed by atoms with E-state index in [4.69, 9.17) is 5.73 Å². The number of hydrogen-bond acceptors (Lipinski definition) is 5. The number of carbonyl (C=O) groups is 3. The van der Waals surface area contributed by atoms with Gasteiger partial charge in [-0.2, -0.15) is 5.10 Å². The summed E-state index contributed by atoms with van der Waals surface area (Å²) in [5.74, 6) is -1.03. The molecule has 1 aromatic carbocycles. The molecule has 35 heavy (non-hydrogen) atoms. The fraction of sp³-hybridized carbons (Fsp3) is 0.423. The number of likely N-dealkylation sites (tertiary alicyclic amines) is 1.